The monoisotopic (exact) mass is 393 g/mol. The van der Waals surface area contributed by atoms with E-state index in [4.69, 9.17) is 14.2 Å². The van der Waals surface area contributed by atoms with Crippen molar-refractivity contribution in [3.8, 4) is 11.5 Å². The largest absolute Gasteiger partial charge is 0.494 e. The van der Waals surface area contributed by atoms with Gasteiger partial charge in [-0.15, -0.1) is 0 Å². The van der Waals surface area contributed by atoms with E-state index >= 15 is 0 Å². The lowest BCUT2D eigenvalue weighted by Crippen LogP contribution is -2.69. The molecule has 1 amide bonds. The Morgan fingerprint density at radius 3 is 2.57 bits per heavy atom. The van der Waals surface area contributed by atoms with Crippen LogP contribution in [0.25, 0.3) is 0 Å². The fourth-order valence-corrected chi connectivity index (χ4v) is 4.05. The van der Waals surface area contributed by atoms with Crippen molar-refractivity contribution >= 4 is 17.5 Å². The molecule has 1 spiro atoms. The third-order valence-electron chi connectivity index (χ3n) is 5.52. The van der Waals surface area contributed by atoms with E-state index in [1.807, 2.05) is 0 Å². The van der Waals surface area contributed by atoms with Crippen LogP contribution >= 0.6 is 0 Å². The normalized spacial score (nSPS) is 17.4. The number of hydrogen-bond acceptors (Lipinski definition) is 7. The van der Waals surface area contributed by atoms with Gasteiger partial charge in [0.25, 0.3) is 0 Å². The number of ether oxygens (including phenoxy) is 3. The van der Waals surface area contributed by atoms with Gasteiger partial charge in [0.1, 0.15) is 5.75 Å². The van der Waals surface area contributed by atoms with Crippen LogP contribution in [-0.4, -0.2) is 61.9 Å². The Hall–Kier alpha value is -2.71. The molecule has 9 heteroatoms. The summed E-state index contributed by atoms with van der Waals surface area (Å²) in [6, 6.07) is 3.06. The van der Waals surface area contributed by atoms with E-state index < -0.39 is 4.92 Å². The predicted octanol–water partition coefficient (Wildman–Crippen LogP) is 3.20. The summed E-state index contributed by atoms with van der Waals surface area (Å²) in [5.74, 6) is 0.621. The van der Waals surface area contributed by atoms with Crippen LogP contribution in [0.1, 0.15) is 32.6 Å². The fraction of sp³-hybridized carbons (Fsp3) is 0.632. The number of likely N-dealkylation sites (tertiary alicyclic amines) is 1. The third kappa shape index (κ3) is 3.53. The lowest BCUT2D eigenvalue weighted by molar-refractivity contribution is -0.385. The molecule has 0 unspecified atom stereocenters. The van der Waals surface area contributed by atoms with E-state index in [0.29, 0.717) is 25.4 Å². The zero-order chi connectivity index (χ0) is 20.3. The highest BCUT2D eigenvalue weighted by molar-refractivity contribution is 5.73. The molecule has 0 N–H and O–H groups in total. The molecule has 0 radical (unpaired) electrons. The number of amides is 1. The number of carbonyl (C=O) groups excluding carboxylic acids is 1. The average molecular weight is 393 g/mol. The van der Waals surface area contributed by atoms with Gasteiger partial charge in [0.05, 0.1) is 43.0 Å². The van der Waals surface area contributed by atoms with E-state index in [9.17, 15) is 14.9 Å². The number of unbranched alkanes of at least 4 members (excludes halogenated alkanes) is 1. The Morgan fingerprint density at radius 2 is 1.96 bits per heavy atom. The van der Waals surface area contributed by atoms with Crippen LogP contribution in [0.15, 0.2) is 12.1 Å². The summed E-state index contributed by atoms with van der Waals surface area (Å²) in [5.41, 5.74) is 0.422. The van der Waals surface area contributed by atoms with Crippen LogP contribution < -0.4 is 14.4 Å². The highest BCUT2D eigenvalue weighted by Gasteiger charge is 2.53. The molecule has 1 aromatic carbocycles. The standard InChI is InChI=1S/C19H27N3O6/c1-4-5-9-28-18(23)20-12-19(13-20)7-6-8-21(19)14-10-17(27-3)15(22(24)25)11-16(14)26-2/h10-11H,4-9,12-13H2,1-3H3. The molecule has 0 aliphatic carbocycles. The highest BCUT2D eigenvalue weighted by Crippen LogP contribution is 2.47. The quantitative estimate of drug-likeness (QED) is 0.399. The van der Waals surface area contributed by atoms with Crippen LogP contribution in [0.5, 0.6) is 11.5 Å². The van der Waals surface area contributed by atoms with E-state index in [1.54, 1.807) is 11.0 Å². The second kappa shape index (κ2) is 8.12. The van der Waals surface area contributed by atoms with Crippen LogP contribution in [0, 0.1) is 10.1 Å². The number of methoxy groups -OCH3 is 2. The molecule has 2 aliphatic heterocycles. The molecule has 0 bridgehead atoms. The first-order valence-electron chi connectivity index (χ1n) is 9.55. The van der Waals surface area contributed by atoms with Gasteiger partial charge in [0.2, 0.25) is 0 Å². The Bertz CT molecular complexity index is 747. The number of nitro groups is 1. The number of nitrogens with zero attached hydrogens (tertiary/aromatic N) is 3. The van der Waals surface area contributed by atoms with Gasteiger partial charge in [-0.2, -0.15) is 0 Å². The first kappa shape index (κ1) is 20.0. The SMILES string of the molecule is CCCCOC(=O)N1CC2(CCCN2c2cc(OC)c([N+](=O)[O-])cc2OC)C1. The van der Waals surface area contributed by atoms with Crippen LogP contribution in [-0.2, 0) is 4.74 Å². The Morgan fingerprint density at radius 1 is 1.25 bits per heavy atom. The molecule has 2 fully saturated rings. The predicted molar refractivity (Wildman–Crippen MR) is 103 cm³/mol. The fourth-order valence-electron chi connectivity index (χ4n) is 4.05. The van der Waals surface area contributed by atoms with Crippen LogP contribution in [0.3, 0.4) is 0 Å². The first-order chi connectivity index (χ1) is 13.5. The Labute approximate surface area is 164 Å². The Kier molecular flexibility index (Phi) is 5.81. The van der Waals surface area contributed by atoms with Gasteiger partial charge < -0.3 is 24.0 Å². The Balaban J connectivity index is 1.80. The van der Waals surface area contributed by atoms with Gasteiger partial charge in [0.15, 0.2) is 5.75 Å². The van der Waals surface area contributed by atoms with Gasteiger partial charge in [0, 0.05) is 25.7 Å². The second-order valence-electron chi connectivity index (χ2n) is 7.26. The van der Waals surface area contributed by atoms with Crippen LogP contribution in [0.2, 0.25) is 0 Å². The zero-order valence-electron chi connectivity index (χ0n) is 16.6. The molecule has 28 heavy (non-hydrogen) atoms. The summed E-state index contributed by atoms with van der Waals surface area (Å²) >= 11 is 0. The third-order valence-corrected chi connectivity index (χ3v) is 5.52. The molecule has 0 aromatic heterocycles. The minimum absolute atomic E-state index is 0.133. The van der Waals surface area contributed by atoms with Gasteiger partial charge >= 0.3 is 11.8 Å². The number of carbonyl (C=O) groups is 1. The molecule has 1 aromatic rings. The molecule has 0 saturated carbocycles. The maximum absolute atomic E-state index is 12.2. The molecule has 154 valence electrons. The smallest absolute Gasteiger partial charge is 0.409 e. The number of hydrogen-bond donors (Lipinski definition) is 0. The molecule has 0 atom stereocenters. The van der Waals surface area contributed by atoms with Crippen molar-refractivity contribution < 1.29 is 23.9 Å². The lowest BCUT2D eigenvalue weighted by Gasteiger charge is -2.52. The molecule has 2 saturated heterocycles. The second-order valence-corrected chi connectivity index (χ2v) is 7.26. The minimum Gasteiger partial charge on any atom is -0.494 e. The van der Waals surface area contributed by atoms with Gasteiger partial charge in [-0.3, -0.25) is 10.1 Å². The van der Waals surface area contributed by atoms with E-state index in [2.05, 4.69) is 11.8 Å². The maximum atomic E-state index is 12.2. The molecular formula is C19H27N3O6. The maximum Gasteiger partial charge on any atom is 0.409 e. The number of rotatable bonds is 7. The van der Waals surface area contributed by atoms with Crippen molar-refractivity contribution in [2.45, 2.75) is 38.1 Å². The summed E-state index contributed by atoms with van der Waals surface area (Å²) in [5, 5.41) is 11.3. The highest BCUT2D eigenvalue weighted by atomic mass is 16.6. The summed E-state index contributed by atoms with van der Waals surface area (Å²) in [6.07, 6.45) is 3.47. The van der Waals surface area contributed by atoms with Crippen molar-refractivity contribution in [3.05, 3.63) is 22.2 Å². The summed E-state index contributed by atoms with van der Waals surface area (Å²) in [6.45, 7) is 4.42. The summed E-state index contributed by atoms with van der Waals surface area (Å²) in [7, 11) is 2.91. The molecule has 9 nitrogen and oxygen atoms in total. The van der Waals surface area contributed by atoms with Crippen molar-refractivity contribution in [2.24, 2.45) is 0 Å². The molecule has 2 aliphatic rings. The van der Waals surface area contributed by atoms with Crippen LogP contribution in [0.4, 0.5) is 16.2 Å². The number of nitro benzene ring substituents is 1. The number of anilines is 1. The molecule has 2 heterocycles. The molecule has 3 rings (SSSR count). The van der Waals surface area contributed by atoms with E-state index in [-0.39, 0.29) is 23.1 Å². The van der Waals surface area contributed by atoms with Crippen molar-refractivity contribution in [1.82, 2.24) is 4.90 Å². The van der Waals surface area contributed by atoms with Crippen molar-refractivity contribution in [1.29, 1.82) is 0 Å². The molecular weight excluding hydrogens is 366 g/mol. The van der Waals surface area contributed by atoms with Gasteiger partial charge in [-0.1, -0.05) is 13.3 Å². The number of benzene rings is 1. The van der Waals surface area contributed by atoms with Gasteiger partial charge in [-0.25, -0.2) is 4.79 Å². The summed E-state index contributed by atoms with van der Waals surface area (Å²) < 4.78 is 16.0. The average Bonchev–Trinajstić information content (AvgIpc) is 3.10. The summed E-state index contributed by atoms with van der Waals surface area (Å²) in [4.78, 5) is 26.9. The topological polar surface area (TPSA) is 94.4 Å². The minimum atomic E-state index is -0.484. The van der Waals surface area contributed by atoms with Crippen molar-refractivity contribution in [2.75, 3.05) is 45.4 Å². The van der Waals surface area contributed by atoms with E-state index in [1.165, 1.54) is 20.3 Å². The lowest BCUT2D eigenvalue weighted by atomic mass is 9.87. The van der Waals surface area contributed by atoms with Crippen molar-refractivity contribution in [3.63, 3.8) is 0 Å². The first-order valence-corrected chi connectivity index (χ1v) is 9.55. The van der Waals surface area contributed by atoms with Gasteiger partial charge in [-0.05, 0) is 19.3 Å². The van der Waals surface area contributed by atoms with E-state index in [0.717, 1.165) is 37.9 Å². The zero-order valence-corrected chi connectivity index (χ0v) is 16.6.